The number of nitrogen functional groups attached to an aromatic ring is 1. The molecule has 0 saturated carbocycles. The number of benzene rings is 1. The molecule has 1 aromatic rings. The van der Waals surface area contributed by atoms with Crippen LogP contribution in [0.2, 0.25) is 5.02 Å². The Labute approximate surface area is 112 Å². The molecule has 0 spiro atoms. The van der Waals surface area contributed by atoms with E-state index in [1.165, 1.54) is 0 Å². The Bertz CT molecular complexity index is 450. The van der Waals surface area contributed by atoms with Crippen LogP contribution in [0.25, 0.3) is 0 Å². The molecule has 5 heteroatoms. The van der Waals surface area contributed by atoms with Crippen molar-refractivity contribution in [2.24, 2.45) is 5.92 Å². The number of halogens is 1. The van der Waals surface area contributed by atoms with Crippen molar-refractivity contribution < 1.29 is 4.79 Å². The fourth-order valence-corrected chi connectivity index (χ4v) is 2.37. The largest absolute Gasteiger partial charge is 0.399 e. The number of carbonyl (C=O) groups is 1. The van der Waals surface area contributed by atoms with Crippen LogP contribution in [-0.4, -0.2) is 30.4 Å². The van der Waals surface area contributed by atoms with Gasteiger partial charge in [-0.1, -0.05) is 18.5 Å². The van der Waals surface area contributed by atoms with E-state index >= 15 is 0 Å². The molecule has 1 atom stereocenters. The van der Waals surface area contributed by atoms with E-state index in [4.69, 9.17) is 17.3 Å². The average Bonchev–Trinajstić information content (AvgIpc) is 2.69. The van der Waals surface area contributed by atoms with Gasteiger partial charge in [0.1, 0.15) is 0 Å². The Morgan fingerprint density at radius 1 is 1.61 bits per heavy atom. The Kier molecular flexibility index (Phi) is 4.09. The van der Waals surface area contributed by atoms with Gasteiger partial charge >= 0.3 is 0 Å². The lowest BCUT2D eigenvalue weighted by Crippen LogP contribution is -2.31. The van der Waals surface area contributed by atoms with E-state index in [9.17, 15) is 4.79 Å². The van der Waals surface area contributed by atoms with Gasteiger partial charge < -0.3 is 11.1 Å². The number of amides is 1. The number of nitrogens with two attached hydrogens (primary N) is 1. The first-order chi connectivity index (χ1) is 8.54. The number of nitrogens with zero attached hydrogens (tertiary/aromatic N) is 1. The van der Waals surface area contributed by atoms with Gasteiger partial charge in [0.2, 0.25) is 5.91 Å². The van der Waals surface area contributed by atoms with Crippen molar-refractivity contribution in [3.63, 3.8) is 0 Å². The minimum atomic E-state index is -0.0448. The molecule has 1 aliphatic heterocycles. The van der Waals surface area contributed by atoms with Crippen LogP contribution < -0.4 is 11.1 Å². The zero-order valence-corrected chi connectivity index (χ0v) is 11.2. The summed E-state index contributed by atoms with van der Waals surface area (Å²) in [4.78, 5) is 14.0. The molecule has 1 amide bonds. The van der Waals surface area contributed by atoms with Gasteiger partial charge in [0, 0.05) is 12.2 Å². The average molecular weight is 268 g/mol. The number of hydrogen-bond donors (Lipinski definition) is 2. The molecular formula is C13H18ClN3O. The topological polar surface area (TPSA) is 58.4 Å². The molecule has 2 rings (SSSR count). The smallest absolute Gasteiger partial charge is 0.238 e. The molecular weight excluding hydrogens is 250 g/mol. The van der Waals surface area contributed by atoms with Crippen molar-refractivity contribution in [2.45, 2.75) is 13.3 Å². The third kappa shape index (κ3) is 3.37. The highest BCUT2D eigenvalue weighted by atomic mass is 35.5. The van der Waals surface area contributed by atoms with E-state index in [2.05, 4.69) is 17.1 Å². The maximum atomic E-state index is 11.9. The summed E-state index contributed by atoms with van der Waals surface area (Å²) in [6, 6.07) is 5.07. The first-order valence-electron chi connectivity index (χ1n) is 6.12. The first kappa shape index (κ1) is 13.2. The van der Waals surface area contributed by atoms with Crippen LogP contribution in [0.3, 0.4) is 0 Å². The molecule has 1 aromatic carbocycles. The molecule has 0 radical (unpaired) electrons. The summed E-state index contributed by atoms with van der Waals surface area (Å²) in [7, 11) is 0. The lowest BCUT2D eigenvalue weighted by molar-refractivity contribution is -0.117. The second-order valence-electron chi connectivity index (χ2n) is 4.92. The van der Waals surface area contributed by atoms with Gasteiger partial charge in [-0.15, -0.1) is 0 Å². The van der Waals surface area contributed by atoms with Crippen LogP contribution in [0, 0.1) is 5.92 Å². The first-order valence-corrected chi connectivity index (χ1v) is 6.49. The highest BCUT2D eigenvalue weighted by molar-refractivity contribution is 6.33. The Balaban J connectivity index is 1.92. The van der Waals surface area contributed by atoms with Crippen molar-refractivity contribution >= 4 is 28.9 Å². The summed E-state index contributed by atoms with van der Waals surface area (Å²) in [6.45, 7) is 4.58. The Morgan fingerprint density at radius 2 is 2.39 bits per heavy atom. The second-order valence-corrected chi connectivity index (χ2v) is 5.32. The molecule has 1 saturated heterocycles. The van der Waals surface area contributed by atoms with E-state index in [0.29, 0.717) is 28.9 Å². The number of hydrogen-bond acceptors (Lipinski definition) is 3. The number of nitrogens with one attached hydrogen (secondary N) is 1. The summed E-state index contributed by atoms with van der Waals surface area (Å²) < 4.78 is 0. The number of carbonyl (C=O) groups excluding carboxylic acids is 1. The molecule has 1 fully saturated rings. The predicted molar refractivity (Wildman–Crippen MR) is 74.7 cm³/mol. The molecule has 3 N–H and O–H groups in total. The zero-order chi connectivity index (χ0) is 13.1. The maximum absolute atomic E-state index is 11.9. The van der Waals surface area contributed by atoms with Crippen LogP contribution >= 0.6 is 11.6 Å². The fraction of sp³-hybridized carbons (Fsp3) is 0.462. The lowest BCUT2D eigenvalue weighted by Gasteiger charge is -2.15. The molecule has 1 aliphatic rings. The van der Waals surface area contributed by atoms with Crippen LogP contribution in [0.15, 0.2) is 18.2 Å². The van der Waals surface area contributed by atoms with Gasteiger partial charge in [0.05, 0.1) is 17.3 Å². The normalized spacial score (nSPS) is 20.0. The van der Waals surface area contributed by atoms with E-state index in [0.717, 1.165) is 19.5 Å². The minimum Gasteiger partial charge on any atom is -0.399 e. The van der Waals surface area contributed by atoms with Gasteiger partial charge in [-0.3, -0.25) is 9.69 Å². The van der Waals surface area contributed by atoms with Crippen LogP contribution in [0.1, 0.15) is 13.3 Å². The summed E-state index contributed by atoms with van der Waals surface area (Å²) in [5.41, 5.74) is 6.83. The van der Waals surface area contributed by atoms with Gasteiger partial charge in [0.25, 0.3) is 0 Å². The number of anilines is 2. The maximum Gasteiger partial charge on any atom is 0.238 e. The number of likely N-dealkylation sites (tertiary alicyclic amines) is 1. The van der Waals surface area contributed by atoms with Crippen molar-refractivity contribution in [3.05, 3.63) is 23.2 Å². The standard InChI is InChI=1S/C13H18ClN3O/c1-9-4-5-17(7-9)8-13(18)16-12-6-10(15)2-3-11(12)14/h2-3,6,9H,4-5,7-8,15H2,1H3,(H,16,18). The zero-order valence-electron chi connectivity index (χ0n) is 10.4. The molecule has 18 heavy (non-hydrogen) atoms. The van der Waals surface area contributed by atoms with Crippen LogP contribution in [0.4, 0.5) is 11.4 Å². The summed E-state index contributed by atoms with van der Waals surface area (Å²) in [5, 5.41) is 3.31. The summed E-state index contributed by atoms with van der Waals surface area (Å²) in [5.74, 6) is 0.630. The minimum absolute atomic E-state index is 0.0448. The lowest BCUT2D eigenvalue weighted by atomic mass is 10.2. The quantitative estimate of drug-likeness (QED) is 0.826. The molecule has 1 heterocycles. The van der Waals surface area contributed by atoms with Gasteiger partial charge in [-0.05, 0) is 37.1 Å². The van der Waals surface area contributed by atoms with Crippen molar-refractivity contribution in [3.8, 4) is 0 Å². The van der Waals surface area contributed by atoms with E-state index < -0.39 is 0 Å². The number of rotatable bonds is 3. The van der Waals surface area contributed by atoms with Gasteiger partial charge in [-0.2, -0.15) is 0 Å². The molecule has 0 bridgehead atoms. The highest BCUT2D eigenvalue weighted by Gasteiger charge is 2.20. The molecule has 1 unspecified atom stereocenters. The molecule has 4 nitrogen and oxygen atoms in total. The summed E-state index contributed by atoms with van der Waals surface area (Å²) >= 11 is 6.00. The Hall–Kier alpha value is -1.26. The van der Waals surface area contributed by atoms with E-state index in [1.807, 2.05) is 0 Å². The van der Waals surface area contributed by atoms with E-state index in [1.54, 1.807) is 18.2 Å². The second kappa shape index (κ2) is 5.59. The SMILES string of the molecule is CC1CCN(CC(=O)Nc2cc(N)ccc2Cl)C1. The van der Waals surface area contributed by atoms with Crippen LogP contribution in [0.5, 0.6) is 0 Å². The van der Waals surface area contributed by atoms with Crippen LogP contribution in [-0.2, 0) is 4.79 Å². The molecule has 0 aromatic heterocycles. The predicted octanol–water partition coefficient (Wildman–Crippen LogP) is 2.20. The van der Waals surface area contributed by atoms with Gasteiger partial charge in [0.15, 0.2) is 0 Å². The fourth-order valence-electron chi connectivity index (χ4n) is 2.20. The van der Waals surface area contributed by atoms with Crippen molar-refractivity contribution in [1.82, 2.24) is 4.90 Å². The van der Waals surface area contributed by atoms with Crippen molar-refractivity contribution in [2.75, 3.05) is 30.7 Å². The van der Waals surface area contributed by atoms with E-state index in [-0.39, 0.29) is 5.91 Å². The Morgan fingerprint density at radius 3 is 3.06 bits per heavy atom. The third-order valence-electron chi connectivity index (χ3n) is 3.14. The van der Waals surface area contributed by atoms with Gasteiger partial charge in [-0.25, -0.2) is 0 Å². The summed E-state index contributed by atoms with van der Waals surface area (Å²) in [6.07, 6.45) is 1.16. The third-order valence-corrected chi connectivity index (χ3v) is 3.47. The van der Waals surface area contributed by atoms with Crippen molar-refractivity contribution in [1.29, 1.82) is 0 Å². The molecule has 0 aliphatic carbocycles. The molecule has 98 valence electrons. The highest BCUT2D eigenvalue weighted by Crippen LogP contribution is 2.24. The monoisotopic (exact) mass is 267 g/mol.